The highest BCUT2D eigenvalue weighted by molar-refractivity contribution is 7.99. The Morgan fingerprint density at radius 3 is 3.11 bits per heavy atom. The predicted octanol–water partition coefficient (Wildman–Crippen LogP) is 3.00. The fraction of sp³-hybridized carbons (Fsp3) is 0.133. The number of carbonyl (C=O) groups excluding carboxylic acids is 1. The molecule has 2 aliphatic rings. The number of allylic oxidation sites excluding steroid dienone is 4. The molecule has 0 saturated heterocycles. The van der Waals surface area contributed by atoms with Crippen LogP contribution in [-0.4, -0.2) is 18.6 Å². The zero-order valence-corrected chi connectivity index (χ0v) is 11.1. The Balaban J connectivity index is 2.09. The van der Waals surface area contributed by atoms with Crippen LogP contribution in [0.25, 0.3) is 5.70 Å². The van der Waals surface area contributed by atoms with E-state index in [4.69, 9.17) is 4.74 Å². The number of aldehydes is 1. The first kappa shape index (κ1) is 12.1. The molecule has 3 nitrogen and oxygen atoms in total. The fourth-order valence-corrected chi connectivity index (χ4v) is 2.92. The van der Waals surface area contributed by atoms with Gasteiger partial charge in [-0.2, -0.15) is 0 Å². The molecular weight excluding hydrogens is 258 g/mol. The number of benzene rings is 1. The van der Waals surface area contributed by atoms with Gasteiger partial charge in [0.15, 0.2) is 6.29 Å². The van der Waals surface area contributed by atoms with Crippen molar-refractivity contribution in [2.24, 2.45) is 0 Å². The van der Waals surface area contributed by atoms with Gasteiger partial charge in [0.25, 0.3) is 0 Å². The predicted molar refractivity (Wildman–Crippen MR) is 77.4 cm³/mol. The van der Waals surface area contributed by atoms with Crippen LogP contribution in [0.5, 0.6) is 5.75 Å². The van der Waals surface area contributed by atoms with E-state index in [2.05, 4.69) is 5.32 Å². The summed E-state index contributed by atoms with van der Waals surface area (Å²) in [6.07, 6.45) is 10.5. The average Bonchev–Trinajstić information content (AvgIpc) is 2.74. The summed E-state index contributed by atoms with van der Waals surface area (Å²) in [5.41, 5.74) is 2.45. The highest BCUT2D eigenvalue weighted by Crippen LogP contribution is 2.36. The van der Waals surface area contributed by atoms with E-state index in [9.17, 15) is 4.79 Å². The van der Waals surface area contributed by atoms with Gasteiger partial charge in [-0.25, -0.2) is 0 Å². The Bertz CT molecular complexity index is 602. The Morgan fingerprint density at radius 1 is 1.26 bits per heavy atom. The zero-order valence-electron chi connectivity index (χ0n) is 10.3. The molecule has 1 aromatic rings. The van der Waals surface area contributed by atoms with Crippen molar-refractivity contribution in [2.75, 3.05) is 12.4 Å². The van der Waals surface area contributed by atoms with Gasteiger partial charge in [0.2, 0.25) is 0 Å². The summed E-state index contributed by atoms with van der Waals surface area (Å²) >= 11 is 1.73. The van der Waals surface area contributed by atoms with E-state index in [0.29, 0.717) is 12.2 Å². The average molecular weight is 271 g/mol. The summed E-state index contributed by atoms with van der Waals surface area (Å²) in [5, 5.41) is 3.18. The van der Waals surface area contributed by atoms with Gasteiger partial charge in [-0.05, 0) is 24.3 Å². The number of nitrogens with one attached hydrogen (secondary N) is 1. The summed E-state index contributed by atoms with van der Waals surface area (Å²) in [6, 6.07) is 3.85. The molecule has 0 aliphatic carbocycles. The largest absolute Gasteiger partial charge is 0.492 e. The van der Waals surface area contributed by atoms with E-state index in [1.807, 2.05) is 42.6 Å². The van der Waals surface area contributed by atoms with E-state index >= 15 is 0 Å². The molecule has 2 heterocycles. The molecule has 4 heteroatoms. The summed E-state index contributed by atoms with van der Waals surface area (Å²) in [7, 11) is 0. The minimum absolute atomic E-state index is 0.680. The monoisotopic (exact) mass is 271 g/mol. The summed E-state index contributed by atoms with van der Waals surface area (Å²) in [5.74, 6) is 1.79. The van der Waals surface area contributed by atoms with Crippen LogP contribution in [0.4, 0.5) is 0 Å². The highest BCUT2D eigenvalue weighted by atomic mass is 32.2. The van der Waals surface area contributed by atoms with Crippen LogP contribution in [-0.2, 0) is 0 Å². The molecule has 96 valence electrons. The molecule has 0 bridgehead atoms. The van der Waals surface area contributed by atoms with E-state index in [1.165, 1.54) is 0 Å². The zero-order chi connectivity index (χ0) is 13.1. The molecule has 0 unspecified atom stereocenters. The number of thioether (sulfide) groups is 1. The smallest absolute Gasteiger partial charge is 0.150 e. The number of hydrogen-bond acceptors (Lipinski definition) is 4. The lowest BCUT2D eigenvalue weighted by molar-refractivity contribution is 0.112. The molecule has 0 amide bonds. The maximum absolute atomic E-state index is 11.3. The third kappa shape index (κ3) is 2.44. The molecule has 0 radical (unpaired) electrons. The molecule has 1 aromatic carbocycles. The van der Waals surface area contributed by atoms with Gasteiger partial charge < -0.3 is 10.1 Å². The third-order valence-electron chi connectivity index (χ3n) is 2.95. The van der Waals surface area contributed by atoms with Gasteiger partial charge in [-0.3, -0.25) is 4.79 Å². The molecule has 0 spiro atoms. The molecule has 0 aromatic heterocycles. The Labute approximate surface area is 116 Å². The third-order valence-corrected chi connectivity index (χ3v) is 3.95. The standard InChI is InChI=1S/C15H13NO2S/c17-10-11-8-15-14(18-6-7-19-15)9-12(11)13-4-2-1-3-5-16-13/h1-5,8-10,16H,6-7H2. The van der Waals surface area contributed by atoms with Crippen molar-refractivity contribution < 1.29 is 9.53 Å². The van der Waals surface area contributed by atoms with Crippen LogP contribution in [0.15, 0.2) is 47.5 Å². The van der Waals surface area contributed by atoms with Crippen molar-refractivity contribution >= 4 is 23.7 Å². The first-order valence-electron chi connectivity index (χ1n) is 6.08. The first-order valence-corrected chi connectivity index (χ1v) is 7.06. The van der Waals surface area contributed by atoms with Gasteiger partial charge in [-0.1, -0.05) is 12.2 Å². The van der Waals surface area contributed by atoms with Crippen LogP contribution in [0, 0.1) is 0 Å². The normalized spacial score (nSPS) is 16.7. The molecule has 19 heavy (non-hydrogen) atoms. The first-order chi connectivity index (χ1) is 9.38. The SMILES string of the molecule is O=Cc1cc2c(cc1C1=CC=CC=CN1)OCCS2. The van der Waals surface area contributed by atoms with Gasteiger partial charge in [0.1, 0.15) is 5.75 Å². The Kier molecular flexibility index (Phi) is 3.42. The van der Waals surface area contributed by atoms with Gasteiger partial charge in [0.05, 0.1) is 11.5 Å². The number of ether oxygens (including phenoxy) is 1. The van der Waals surface area contributed by atoms with Crippen LogP contribution in [0.1, 0.15) is 15.9 Å². The molecule has 0 saturated carbocycles. The van der Waals surface area contributed by atoms with Crippen LogP contribution >= 0.6 is 11.8 Å². The molecule has 1 N–H and O–H groups in total. The van der Waals surface area contributed by atoms with Crippen molar-refractivity contribution in [1.29, 1.82) is 0 Å². The second kappa shape index (κ2) is 5.36. The molecule has 2 aliphatic heterocycles. The van der Waals surface area contributed by atoms with Crippen molar-refractivity contribution in [2.45, 2.75) is 4.90 Å². The second-order valence-electron chi connectivity index (χ2n) is 4.17. The van der Waals surface area contributed by atoms with Crippen molar-refractivity contribution in [1.82, 2.24) is 5.32 Å². The fourth-order valence-electron chi connectivity index (χ4n) is 2.06. The van der Waals surface area contributed by atoms with Crippen LogP contribution in [0.2, 0.25) is 0 Å². The summed E-state index contributed by atoms with van der Waals surface area (Å²) in [4.78, 5) is 12.3. The van der Waals surface area contributed by atoms with Crippen LogP contribution in [0.3, 0.4) is 0 Å². The van der Waals surface area contributed by atoms with Crippen molar-refractivity contribution in [3.05, 3.63) is 53.8 Å². The minimum atomic E-state index is 0.680. The quantitative estimate of drug-likeness (QED) is 0.839. The summed E-state index contributed by atoms with van der Waals surface area (Å²) < 4.78 is 5.66. The lowest BCUT2D eigenvalue weighted by Crippen LogP contribution is -2.10. The highest BCUT2D eigenvalue weighted by Gasteiger charge is 2.16. The van der Waals surface area contributed by atoms with Gasteiger partial charge in [-0.15, -0.1) is 11.8 Å². The Hall–Kier alpha value is -1.94. The molecule has 3 rings (SSSR count). The lowest BCUT2D eigenvalue weighted by atomic mass is 10.0. The van der Waals surface area contributed by atoms with E-state index in [-0.39, 0.29) is 0 Å². The summed E-state index contributed by atoms with van der Waals surface area (Å²) in [6.45, 7) is 0.712. The van der Waals surface area contributed by atoms with Crippen molar-refractivity contribution in [3.63, 3.8) is 0 Å². The maximum atomic E-state index is 11.3. The number of hydrogen-bond donors (Lipinski definition) is 1. The van der Waals surface area contributed by atoms with E-state index < -0.39 is 0 Å². The second-order valence-corrected chi connectivity index (χ2v) is 5.31. The number of rotatable bonds is 2. The lowest BCUT2D eigenvalue weighted by Gasteiger charge is -2.19. The van der Waals surface area contributed by atoms with Crippen molar-refractivity contribution in [3.8, 4) is 5.75 Å². The number of fused-ring (bicyclic) bond motifs is 1. The van der Waals surface area contributed by atoms with E-state index in [1.54, 1.807) is 11.8 Å². The molecule has 0 atom stereocenters. The van der Waals surface area contributed by atoms with E-state index in [0.717, 1.165) is 33.9 Å². The van der Waals surface area contributed by atoms with Gasteiger partial charge >= 0.3 is 0 Å². The molecule has 0 fully saturated rings. The minimum Gasteiger partial charge on any atom is -0.492 e. The Morgan fingerprint density at radius 2 is 2.21 bits per heavy atom. The number of carbonyl (C=O) groups is 1. The molecular formula is C15H13NO2S. The van der Waals surface area contributed by atoms with Gasteiger partial charge in [0, 0.05) is 28.8 Å². The maximum Gasteiger partial charge on any atom is 0.150 e. The topological polar surface area (TPSA) is 38.3 Å². The van der Waals surface area contributed by atoms with Crippen LogP contribution < -0.4 is 10.1 Å².